The van der Waals surface area contributed by atoms with Crippen molar-refractivity contribution in [1.82, 2.24) is 15.4 Å². The van der Waals surface area contributed by atoms with Crippen molar-refractivity contribution in [2.75, 3.05) is 4.72 Å². The van der Waals surface area contributed by atoms with Gasteiger partial charge in [-0.3, -0.25) is 9.52 Å². The topological polar surface area (TPSA) is 105 Å². The van der Waals surface area contributed by atoms with Gasteiger partial charge in [-0.05, 0) is 62.3 Å². The molecule has 1 aliphatic carbocycles. The van der Waals surface area contributed by atoms with Crippen LogP contribution >= 0.6 is 11.6 Å². The summed E-state index contributed by atoms with van der Waals surface area (Å²) in [5.41, 5.74) is 3.78. The summed E-state index contributed by atoms with van der Waals surface area (Å²) in [4.78, 5) is 15.8. The molecule has 10 heteroatoms. The van der Waals surface area contributed by atoms with Gasteiger partial charge >= 0.3 is 0 Å². The van der Waals surface area contributed by atoms with Gasteiger partial charge in [0.2, 0.25) is 5.82 Å². The number of carbonyl (C=O) groups is 1. The van der Waals surface area contributed by atoms with Crippen molar-refractivity contribution in [2.24, 2.45) is 0 Å². The van der Waals surface area contributed by atoms with Gasteiger partial charge in [0.1, 0.15) is 10.6 Å². The SMILES string of the molecule is CCCCC1=CNC2(CCCC2)C(=O)N1Cc1ccc(-c2ccccc2S(=O)(=O)Nc2noc(C)c2Cl)c(C)c1. The highest BCUT2D eigenvalue weighted by Gasteiger charge is 2.46. The van der Waals surface area contributed by atoms with Crippen molar-refractivity contribution < 1.29 is 17.7 Å². The minimum atomic E-state index is -4.01. The fourth-order valence-electron chi connectivity index (χ4n) is 5.66. The number of aryl methyl sites for hydroxylation is 2. The maximum Gasteiger partial charge on any atom is 0.263 e. The van der Waals surface area contributed by atoms with Gasteiger partial charge in [0.05, 0.1) is 11.4 Å². The Bertz CT molecular complexity index is 1560. The molecule has 2 aliphatic rings. The van der Waals surface area contributed by atoms with Crippen molar-refractivity contribution in [1.29, 1.82) is 0 Å². The zero-order chi connectivity index (χ0) is 28.5. The Balaban J connectivity index is 1.44. The largest absolute Gasteiger partial charge is 0.376 e. The third-order valence-corrected chi connectivity index (χ3v) is 9.72. The molecule has 8 nitrogen and oxygen atoms in total. The van der Waals surface area contributed by atoms with Gasteiger partial charge in [-0.15, -0.1) is 0 Å². The highest BCUT2D eigenvalue weighted by molar-refractivity contribution is 7.92. The lowest BCUT2D eigenvalue weighted by Gasteiger charge is -2.40. The Morgan fingerprint density at radius 3 is 2.55 bits per heavy atom. The smallest absolute Gasteiger partial charge is 0.263 e. The van der Waals surface area contributed by atoms with E-state index in [1.807, 2.05) is 30.0 Å². The van der Waals surface area contributed by atoms with Gasteiger partial charge in [-0.1, -0.05) is 79.3 Å². The maximum absolute atomic E-state index is 13.8. The first-order valence-electron chi connectivity index (χ1n) is 13.8. The number of sulfonamides is 1. The Kier molecular flexibility index (Phi) is 7.97. The van der Waals surface area contributed by atoms with E-state index in [9.17, 15) is 13.2 Å². The molecular formula is C30H35ClN4O4S. The van der Waals surface area contributed by atoms with E-state index in [1.165, 1.54) is 0 Å². The van der Waals surface area contributed by atoms with E-state index in [-0.39, 0.29) is 21.6 Å². The number of nitrogens with zero attached hydrogens (tertiary/aromatic N) is 2. The first kappa shape index (κ1) is 28.2. The van der Waals surface area contributed by atoms with Crippen molar-refractivity contribution >= 4 is 33.3 Å². The molecular weight excluding hydrogens is 548 g/mol. The van der Waals surface area contributed by atoms with Crippen LogP contribution in [0.1, 0.15) is 68.8 Å². The summed E-state index contributed by atoms with van der Waals surface area (Å²) in [5.74, 6) is 0.437. The highest BCUT2D eigenvalue weighted by Crippen LogP contribution is 2.37. The average Bonchev–Trinajstić information content (AvgIpc) is 3.54. The molecule has 1 saturated carbocycles. The number of anilines is 1. The maximum atomic E-state index is 13.8. The number of hydrogen-bond acceptors (Lipinski definition) is 6. The molecule has 5 rings (SSSR count). The lowest BCUT2D eigenvalue weighted by Crippen LogP contribution is -2.57. The molecule has 1 aromatic heterocycles. The number of amides is 1. The van der Waals surface area contributed by atoms with Crippen LogP contribution in [0.3, 0.4) is 0 Å². The third-order valence-electron chi connectivity index (χ3n) is 7.88. The standard InChI is InChI=1S/C30H35ClN4O4S/c1-4-5-10-23-18-32-30(15-8-9-16-30)29(36)35(23)19-22-13-14-24(20(2)17-22)25-11-6-7-12-26(25)40(37,38)34-28-27(31)21(3)39-33-28/h6-7,11-14,17-18,32H,4-5,8-10,15-16,19H2,1-3H3,(H,33,34). The van der Waals surface area contributed by atoms with Crippen LogP contribution in [0, 0.1) is 13.8 Å². The van der Waals surface area contributed by atoms with E-state index in [2.05, 4.69) is 28.3 Å². The van der Waals surface area contributed by atoms with Crippen molar-refractivity contribution in [2.45, 2.75) is 82.7 Å². The molecule has 0 bridgehead atoms. The van der Waals surface area contributed by atoms with Crippen LogP contribution in [-0.2, 0) is 21.4 Å². The second kappa shape index (κ2) is 11.3. The first-order valence-corrected chi connectivity index (χ1v) is 15.6. The van der Waals surface area contributed by atoms with Crippen molar-refractivity contribution in [3.63, 3.8) is 0 Å². The predicted octanol–water partition coefficient (Wildman–Crippen LogP) is 6.69. The number of aromatic nitrogens is 1. The van der Waals surface area contributed by atoms with Crippen molar-refractivity contribution in [3.8, 4) is 11.1 Å². The van der Waals surface area contributed by atoms with Gasteiger partial charge in [0.15, 0.2) is 5.76 Å². The molecule has 1 aliphatic heterocycles. The van der Waals surface area contributed by atoms with Gasteiger partial charge in [-0.25, -0.2) is 8.42 Å². The lowest BCUT2D eigenvalue weighted by molar-refractivity contribution is -0.137. The van der Waals surface area contributed by atoms with Crippen LogP contribution in [0.25, 0.3) is 11.1 Å². The van der Waals surface area contributed by atoms with Crippen LogP contribution in [0.2, 0.25) is 5.02 Å². The normalized spacial score (nSPS) is 16.8. The van der Waals surface area contributed by atoms with Crippen LogP contribution in [0.5, 0.6) is 0 Å². The molecule has 1 amide bonds. The van der Waals surface area contributed by atoms with Gasteiger partial charge in [-0.2, -0.15) is 0 Å². The molecule has 40 heavy (non-hydrogen) atoms. The number of unbranched alkanes of at least 4 members (excludes halogenated alkanes) is 1. The average molecular weight is 583 g/mol. The summed E-state index contributed by atoms with van der Waals surface area (Å²) in [7, 11) is -4.01. The molecule has 0 unspecified atom stereocenters. The molecule has 2 N–H and O–H groups in total. The predicted molar refractivity (Wildman–Crippen MR) is 156 cm³/mol. The van der Waals surface area contributed by atoms with Gasteiger partial charge in [0.25, 0.3) is 15.9 Å². The molecule has 1 fully saturated rings. The van der Waals surface area contributed by atoms with Crippen LogP contribution in [-0.4, -0.2) is 29.9 Å². The van der Waals surface area contributed by atoms with Crippen LogP contribution < -0.4 is 10.0 Å². The highest BCUT2D eigenvalue weighted by atomic mass is 35.5. The zero-order valence-electron chi connectivity index (χ0n) is 23.1. The third kappa shape index (κ3) is 5.37. The molecule has 0 radical (unpaired) electrons. The summed E-state index contributed by atoms with van der Waals surface area (Å²) in [6.07, 6.45) is 8.79. The van der Waals surface area contributed by atoms with E-state index in [4.69, 9.17) is 16.1 Å². The molecule has 212 valence electrons. The number of rotatable bonds is 9. The number of nitrogens with one attached hydrogen (secondary N) is 2. The summed E-state index contributed by atoms with van der Waals surface area (Å²) in [6, 6.07) is 12.8. The summed E-state index contributed by atoms with van der Waals surface area (Å²) in [6.45, 7) is 6.19. The number of benzene rings is 2. The van der Waals surface area contributed by atoms with E-state index in [0.29, 0.717) is 17.9 Å². The second-order valence-corrected chi connectivity index (χ2v) is 12.7. The lowest BCUT2D eigenvalue weighted by atomic mass is 9.92. The van der Waals surface area contributed by atoms with Gasteiger partial charge in [0, 0.05) is 17.5 Å². The molecule has 1 spiro atoms. The molecule has 2 aromatic carbocycles. The summed E-state index contributed by atoms with van der Waals surface area (Å²) in [5, 5.41) is 7.32. The molecule has 3 aromatic rings. The molecule has 2 heterocycles. The Morgan fingerprint density at radius 2 is 1.88 bits per heavy atom. The number of allylic oxidation sites excluding steroid dienone is 1. The second-order valence-electron chi connectivity index (χ2n) is 10.7. The number of halogens is 1. The van der Waals surface area contributed by atoms with Crippen molar-refractivity contribution in [3.05, 3.63) is 76.3 Å². The van der Waals surface area contributed by atoms with E-state index in [1.54, 1.807) is 31.2 Å². The molecule has 0 atom stereocenters. The number of carbonyl (C=O) groups excluding carboxylic acids is 1. The monoisotopic (exact) mass is 582 g/mol. The molecule has 0 saturated heterocycles. The quantitative estimate of drug-likeness (QED) is 0.291. The Labute approximate surface area is 240 Å². The van der Waals surface area contributed by atoms with Crippen LogP contribution in [0.15, 0.2) is 63.8 Å². The minimum Gasteiger partial charge on any atom is -0.376 e. The van der Waals surface area contributed by atoms with Crippen LogP contribution in [0.4, 0.5) is 5.82 Å². The summed E-state index contributed by atoms with van der Waals surface area (Å²) < 4.78 is 34.2. The summed E-state index contributed by atoms with van der Waals surface area (Å²) >= 11 is 6.15. The Morgan fingerprint density at radius 1 is 1.12 bits per heavy atom. The fourth-order valence-corrected chi connectivity index (χ4v) is 7.07. The Hall–Kier alpha value is -3.30. The van der Waals surface area contributed by atoms with Gasteiger partial charge < -0.3 is 14.7 Å². The number of hydrogen-bond donors (Lipinski definition) is 2. The van der Waals surface area contributed by atoms with E-state index < -0.39 is 15.6 Å². The minimum absolute atomic E-state index is 0.0475. The van der Waals surface area contributed by atoms with E-state index >= 15 is 0 Å². The zero-order valence-corrected chi connectivity index (χ0v) is 24.7. The first-order chi connectivity index (χ1) is 19.1. The fraction of sp³-hybridized carbons (Fsp3) is 0.400. The van der Waals surface area contributed by atoms with E-state index in [0.717, 1.165) is 67.3 Å².